The molecule has 4 aromatic rings. The number of carbonyl (C=O) groups excluding carboxylic acids is 3. The van der Waals surface area contributed by atoms with Crippen LogP contribution in [0.2, 0.25) is 0 Å². The van der Waals surface area contributed by atoms with E-state index in [9.17, 15) is 18.8 Å². The first-order valence-electron chi connectivity index (χ1n) is 11.5. The molecule has 7 nitrogen and oxygen atoms in total. The van der Waals surface area contributed by atoms with Crippen LogP contribution in [0.1, 0.15) is 26.9 Å². The molecule has 2 N–H and O–H groups in total. The highest BCUT2D eigenvalue weighted by molar-refractivity contribution is 7.12. The molecule has 186 valence electrons. The minimum absolute atomic E-state index is 0.159. The standard InChI is InChI=1S/C28H22FN3O4S/c29-20-11-13-21(14-12-20)30-27(34)24-25(36-28(35)32(24)17-18-6-2-1-3-7-18)19-8-4-9-22(16-19)31-26(33)23-10-5-15-37-23/h1-16,24-25H,17H2,(H,30,34)(H,31,33)/t24-,25+/m0/s1. The highest BCUT2D eigenvalue weighted by Crippen LogP contribution is 2.35. The maximum absolute atomic E-state index is 13.5. The molecule has 1 aromatic heterocycles. The molecule has 1 aliphatic heterocycles. The molecule has 2 heterocycles. The molecule has 1 aliphatic rings. The van der Waals surface area contributed by atoms with Crippen LogP contribution < -0.4 is 10.6 Å². The molecular weight excluding hydrogens is 493 g/mol. The Kier molecular flexibility index (Phi) is 6.96. The van der Waals surface area contributed by atoms with Gasteiger partial charge < -0.3 is 15.4 Å². The predicted molar refractivity (Wildman–Crippen MR) is 139 cm³/mol. The largest absolute Gasteiger partial charge is 0.438 e. The smallest absolute Gasteiger partial charge is 0.411 e. The highest BCUT2D eigenvalue weighted by atomic mass is 32.1. The van der Waals surface area contributed by atoms with Crippen molar-refractivity contribution in [2.45, 2.75) is 18.7 Å². The molecule has 9 heteroatoms. The monoisotopic (exact) mass is 515 g/mol. The van der Waals surface area contributed by atoms with Gasteiger partial charge in [-0.1, -0.05) is 48.5 Å². The first-order valence-corrected chi connectivity index (χ1v) is 12.4. The van der Waals surface area contributed by atoms with Crippen LogP contribution in [-0.2, 0) is 16.1 Å². The van der Waals surface area contributed by atoms with E-state index in [1.807, 2.05) is 35.7 Å². The number of nitrogens with zero attached hydrogens (tertiary/aromatic N) is 1. The predicted octanol–water partition coefficient (Wildman–Crippen LogP) is 5.84. The lowest BCUT2D eigenvalue weighted by molar-refractivity contribution is -0.121. The van der Waals surface area contributed by atoms with Gasteiger partial charge in [0, 0.05) is 11.4 Å². The number of rotatable bonds is 7. The van der Waals surface area contributed by atoms with Gasteiger partial charge in [0.25, 0.3) is 11.8 Å². The van der Waals surface area contributed by atoms with Gasteiger partial charge in [0.2, 0.25) is 0 Å². The van der Waals surface area contributed by atoms with Crippen molar-refractivity contribution in [1.29, 1.82) is 0 Å². The van der Waals surface area contributed by atoms with Crippen molar-refractivity contribution >= 4 is 40.6 Å². The Bertz CT molecular complexity index is 1410. The average Bonchev–Trinajstić information content (AvgIpc) is 3.55. The van der Waals surface area contributed by atoms with E-state index in [1.165, 1.54) is 40.5 Å². The molecule has 0 saturated carbocycles. The van der Waals surface area contributed by atoms with E-state index in [0.717, 1.165) is 5.56 Å². The van der Waals surface area contributed by atoms with Crippen LogP contribution in [0.4, 0.5) is 20.6 Å². The zero-order valence-corrected chi connectivity index (χ0v) is 20.3. The van der Waals surface area contributed by atoms with Gasteiger partial charge in [0.15, 0.2) is 12.1 Å². The lowest BCUT2D eigenvalue weighted by Crippen LogP contribution is -2.43. The number of nitrogens with one attached hydrogen (secondary N) is 2. The number of anilines is 2. The summed E-state index contributed by atoms with van der Waals surface area (Å²) in [5.74, 6) is -1.17. The van der Waals surface area contributed by atoms with Gasteiger partial charge in [-0.2, -0.15) is 0 Å². The molecule has 0 unspecified atom stereocenters. The molecule has 3 amide bonds. The van der Waals surface area contributed by atoms with Gasteiger partial charge in [-0.25, -0.2) is 9.18 Å². The van der Waals surface area contributed by atoms with Crippen LogP contribution >= 0.6 is 11.3 Å². The summed E-state index contributed by atoms with van der Waals surface area (Å²) >= 11 is 1.32. The van der Waals surface area contributed by atoms with Crippen molar-refractivity contribution in [3.8, 4) is 0 Å². The van der Waals surface area contributed by atoms with Crippen molar-refractivity contribution < 1.29 is 23.5 Å². The van der Waals surface area contributed by atoms with Crippen LogP contribution in [0.5, 0.6) is 0 Å². The lowest BCUT2D eigenvalue weighted by Gasteiger charge is -2.24. The van der Waals surface area contributed by atoms with E-state index in [-0.39, 0.29) is 12.5 Å². The Balaban J connectivity index is 1.44. The minimum Gasteiger partial charge on any atom is -0.438 e. The van der Waals surface area contributed by atoms with E-state index in [0.29, 0.717) is 21.8 Å². The summed E-state index contributed by atoms with van der Waals surface area (Å²) in [6.45, 7) is 0.159. The van der Waals surface area contributed by atoms with E-state index in [1.54, 1.807) is 36.4 Å². The van der Waals surface area contributed by atoms with Crippen molar-refractivity contribution in [1.82, 2.24) is 4.90 Å². The molecular formula is C28H22FN3O4S. The second-order valence-corrected chi connectivity index (χ2v) is 9.36. The number of cyclic esters (lactones) is 1. The van der Waals surface area contributed by atoms with Crippen LogP contribution in [0.3, 0.4) is 0 Å². The highest BCUT2D eigenvalue weighted by Gasteiger charge is 2.47. The van der Waals surface area contributed by atoms with Crippen LogP contribution in [0, 0.1) is 5.82 Å². The van der Waals surface area contributed by atoms with E-state index < -0.39 is 30.0 Å². The number of carbonyl (C=O) groups is 3. The van der Waals surface area contributed by atoms with Gasteiger partial charge in [-0.15, -0.1) is 11.3 Å². The number of hydrogen-bond acceptors (Lipinski definition) is 5. The van der Waals surface area contributed by atoms with Crippen LogP contribution in [0.25, 0.3) is 0 Å². The third-order valence-corrected chi connectivity index (χ3v) is 6.75. The number of benzene rings is 3. The third-order valence-electron chi connectivity index (χ3n) is 5.88. The summed E-state index contributed by atoms with van der Waals surface area (Å²) in [5, 5.41) is 7.42. The Labute approximate surface area is 216 Å². The van der Waals surface area contributed by atoms with Gasteiger partial charge >= 0.3 is 6.09 Å². The minimum atomic E-state index is -1.01. The van der Waals surface area contributed by atoms with Crippen LogP contribution in [0.15, 0.2) is 96.4 Å². The first kappa shape index (κ1) is 24.2. The summed E-state index contributed by atoms with van der Waals surface area (Å²) < 4.78 is 19.1. The fourth-order valence-electron chi connectivity index (χ4n) is 4.13. The number of halogens is 1. The van der Waals surface area contributed by atoms with Crippen LogP contribution in [-0.4, -0.2) is 28.8 Å². The van der Waals surface area contributed by atoms with E-state index in [2.05, 4.69) is 10.6 Å². The maximum Gasteiger partial charge on any atom is 0.411 e. The topological polar surface area (TPSA) is 87.7 Å². The molecule has 3 aromatic carbocycles. The Morgan fingerprint density at radius 3 is 2.41 bits per heavy atom. The summed E-state index contributed by atoms with van der Waals surface area (Å²) in [4.78, 5) is 41.0. The second-order valence-electron chi connectivity index (χ2n) is 8.42. The van der Waals surface area contributed by atoms with Crippen molar-refractivity contribution in [3.05, 3.63) is 118 Å². The fraction of sp³-hybridized carbons (Fsp3) is 0.107. The molecule has 37 heavy (non-hydrogen) atoms. The molecule has 2 atom stereocenters. The van der Waals surface area contributed by atoms with Crippen molar-refractivity contribution in [2.24, 2.45) is 0 Å². The van der Waals surface area contributed by atoms with Gasteiger partial charge in [-0.05, 0) is 59.0 Å². The molecule has 5 rings (SSSR count). The number of hydrogen-bond donors (Lipinski definition) is 2. The Hall–Kier alpha value is -4.50. The summed E-state index contributed by atoms with van der Waals surface area (Å²) in [6, 6.07) is 24.0. The molecule has 1 fully saturated rings. The normalized spacial score (nSPS) is 16.8. The van der Waals surface area contributed by atoms with E-state index >= 15 is 0 Å². The van der Waals surface area contributed by atoms with E-state index in [4.69, 9.17) is 4.74 Å². The summed E-state index contributed by atoms with van der Waals surface area (Å²) in [7, 11) is 0. The summed E-state index contributed by atoms with van der Waals surface area (Å²) in [5.41, 5.74) is 2.27. The molecule has 1 saturated heterocycles. The Morgan fingerprint density at radius 2 is 1.68 bits per heavy atom. The lowest BCUT2D eigenvalue weighted by atomic mass is 10.00. The van der Waals surface area contributed by atoms with Gasteiger partial charge in [0.05, 0.1) is 11.4 Å². The third kappa shape index (κ3) is 5.52. The van der Waals surface area contributed by atoms with Gasteiger partial charge in [-0.3, -0.25) is 14.5 Å². The van der Waals surface area contributed by atoms with Crippen molar-refractivity contribution in [3.63, 3.8) is 0 Å². The number of ether oxygens (including phenoxy) is 1. The molecule has 0 aliphatic carbocycles. The quantitative estimate of drug-likeness (QED) is 0.324. The van der Waals surface area contributed by atoms with Crippen molar-refractivity contribution in [2.75, 3.05) is 10.6 Å². The Morgan fingerprint density at radius 1 is 0.892 bits per heavy atom. The number of amides is 3. The number of thiophene rings is 1. The fourth-order valence-corrected chi connectivity index (χ4v) is 4.75. The first-order chi connectivity index (χ1) is 18.0. The summed E-state index contributed by atoms with van der Waals surface area (Å²) in [6.07, 6.45) is -1.57. The SMILES string of the molecule is O=C(Nc1cccc([C@H]2OC(=O)N(Cc3ccccc3)[C@@H]2C(=O)Nc2ccc(F)cc2)c1)c1cccs1. The molecule has 0 radical (unpaired) electrons. The zero-order valence-electron chi connectivity index (χ0n) is 19.5. The average molecular weight is 516 g/mol. The maximum atomic E-state index is 13.5. The second kappa shape index (κ2) is 10.6. The molecule has 0 bridgehead atoms. The zero-order chi connectivity index (χ0) is 25.8. The molecule has 0 spiro atoms. The van der Waals surface area contributed by atoms with Gasteiger partial charge in [0.1, 0.15) is 5.82 Å².